The van der Waals surface area contributed by atoms with Gasteiger partial charge in [0.15, 0.2) is 6.10 Å². The van der Waals surface area contributed by atoms with E-state index in [0.717, 1.165) is 18.8 Å². The summed E-state index contributed by atoms with van der Waals surface area (Å²) in [5, 5.41) is 12.2. The van der Waals surface area contributed by atoms with E-state index in [9.17, 15) is 14.7 Å². The fourth-order valence-corrected chi connectivity index (χ4v) is 8.51. The van der Waals surface area contributed by atoms with Crippen LogP contribution in [0.4, 0.5) is 0 Å². The zero-order valence-electron chi connectivity index (χ0n) is 23.6. The molecule has 0 spiro atoms. The van der Waals surface area contributed by atoms with Gasteiger partial charge < -0.3 is 14.6 Å². The van der Waals surface area contributed by atoms with Crippen molar-refractivity contribution >= 4 is 11.9 Å². The van der Waals surface area contributed by atoms with Crippen molar-refractivity contribution in [1.82, 2.24) is 0 Å². The molecule has 2 fully saturated rings. The van der Waals surface area contributed by atoms with E-state index in [-0.39, 0.29) is 23.9 Å². The maximum atomic E-state index is 12.2. The molecule has 4 rings (SSSR count). The largest absolute Gasteiger partial charge is 0.462 e. The number of allylic oxidation sites excluding steroid dienone is 2. The third-order valence-corrected chi connectivity index (χ3v) is 10.5. The lowest BCUT2D eigenvalue weighted by molar-refractivity contribution is -0.200. The highest BCUT2D eigenvalue weighted by Crippen LogP contribution is 2.66. The van der Waals surface area contributed by atoms with Crippen LogP contribution in [-0.2, 0) is 19.1 Å². The molecule has 2 saturated carbocycles. The first-order chi connectivity index (χ1) is 16.8. The van der Waals surface area contributed by atoms with Crippen LogP contribution in [0.1, 0.15) is 106 Å². The van der Waals surface area contributed by atoms with Gasteiger partial charge in [-0.1, -0.05) is 60.0 Å². The minimum absolute atomic E-state index is 0.189. The minimum atomic E-state index is -1.30. The van der Waals surface area contributed by atoms with Gasteiger partial charge in [0.25, 0.3) is 0 Å². The molecule has 0 aromatic heterocycles. The van der Waals surface area contributed by atoms with Crippen LogP contribution < -0.4 is 0 Å². The Hall–Kier alpha value is -1.62. The highest BCUT2D eigenvalue weighted by atomic mass is 16.6. The van der Waals surface area contributed by atoms with Crippen LogP contribution >= 0.6 is 0 Å². The van der Waals surface area contributed by atoms with E-state index in [1.54, 1.807) is 0 Å². The average molecular weight is 501 g/mol. The van der Waals surface area contributed by atoms with Gasteiger partial charge in [-0.2, -0.15) is 0 Å². The third-order valence-electron chi connectivity index (χ3n) is 10.5. The molecule has 8 atom stereocenters. The predicted octanol–water partition coefficient (Wildman–Crippen LogP) is 6.54. The van der Waals surface area contributed by atoms with E-state index in [1.807, 2.05) is 0 Å². The number of aliphatic hydroxyl groups is 1. The summed E-state index contributed by atoms with van der Waals surface area (Å²) in [5.41, 5.74) is 0.877. The quantitative estimate of drug-likeness (QED) is 0.402. The van der Waals surface area contributed by atoms with Crippen LogP contribution in [0, 0.1) is 34.5 Å². The normalized spacial score (nSPS) is 40.4. The minimum Gasteiger partial charge on any atom is -0.462 e. The Bertz CT molecular complexity index is 933. The van der Waals surface area contributed by atoms with E-state index in [4.69, 9.17) is 9.47 Å². The maximum absolute atomic E-state index is 12.2. The number of hydrogen-bond acceptors (Lipinski definition) is 5. The topological polar surface area (TPSA) is 72.8 Å². The van der Waals surface area contributed by atoms with Gasteiger partial charge in [-0.3, -0.25) is 9.59 Å². The summed E-state index contributed by atoms with van der Waals surface area (Å²) in [6, 6.07) is 0. The molecule has 5 nitrogen and oxygen atoms in total. The molecule has 0 aliphatic heterocycles. The van der Waals surface area contributed by atoms with Crippen LogP contribution in [0.2, 0.25) is 0 Å². The molecule has 0 amide bonds. The van der Waals surface area contributed by atoms with Gasteiger partial charge in [0.05, 0.1) is 0 Å². The molecule has 0 heterocycles. The molecular weight excluding hydrogens is 452 g/mol. The first kappa shape index (κ1) is 27.4. The third kappa shape index (κ3) is 4.59. The van der Waals surface area contributed by atoms with Crippen molar-refractivity contribution < 1.29 is 24.2 Å². The molecule has 4 aliphatic rings. The number of carbonyl (C=O) groups excluding carboxylic acids is 2. The Morgan fingerprint density at radius 1 is 1.06 bits per heavy atom. The zero-order valence-corrected chi connectivity index (χ0v) is 23.6. The Morgan fingerprint density at radius 3 is 2.39 bits per heavy atom. The Balaban J connectivity index is 1.67. The van der Waals surface area contributed by atoms with Crippen molar-refractivity contribution in [3.05, 3.63) is 23.3 Å². The monoisotopic (exact) mass is 500 g/mol. The molecule has 4 aliphatic carbocycles. The van der Waals surface area contributed by atoms with Crippen molar-refractivity contribution in [3.8, 4) is 0 Å². The van der Waals surface area contributed by atoms with Crippen molar-refractivity contribution in [1.29, 1.82) is 0 Å². The molecule has 0 bridgehead atoms. The molecule has 0 unspecified atom stereocenters. The van der Waals surface area contributed by atoms with Gasteiger partial charge in [0, 0.05) is 25.7 Å². The van der Waals surface area contributed by atoms with Gasteiger partial charge in [-0.15, -0.1) is 0 Å². The highest BCUT2D eigenvalue weighted by molar-refractivity contribution is 5.67. The number of ether oxygens (including phenoxy) is 2. The predicted molar refractivity (Wildman–Crippen MR) is 141 cm³/mol. The number of fused-ring (bicyclic) bond motifs is 5. The molecule has 202 valence electrons. The van der Waals surface area contributed by atoms with Crippen LogP contribution in [-0.4, -0.2) is 34.9 Å². The van der Waals surface area contributed by atoms with Crippen LogP contribution in [0.15, 0.2) is 23.3 Å². The maximum Gasteiger partial charge on any atom is 0.303 e. The van der Waals surface area contributed by atoms with Gasteiger partial charge in [-0.05, 0) is 78.4 Å². The molecule has 0 saturated heterocycles. The first-order valence-electron chi connectivity index (χ1n) is 14.3. The van der Waals surface area contributed by atoms with Crippen molar-refractivity contribution in [2.75, 3.05) is 0 Å². The van der Waals surface area contributed by atoms with E-state index in [0.29, 0.717) is 30.6 Å². The average Bonchev–Trinajstić information content (AvgIpc) is 3.12. The highest BCUT2D eigenvalue weighted by Gasteiger charge is 2.64. The molecule has 0 aromatic carbocycles. The molecule has 5 heteroatoms. The van der Waals surface area contributed by atoms with E-state index in [1.165, 1.54) is 50.7 Å². The SMILES string of the molecule is CC(=O)O[C@H]1CC[C@]2(C)C3=CC[C@]4(C)[C@@H]([C@H](C)CCCC(C)C)CC[C@H]4C3=C[C@@H](OC(C)=O)[C@@]2(O)C1. The van der Waals surface area contributed by atoms with Crippen LogP contribution in [0.3, 0.4) is 0 Å². The van der Waals surface area contributed by atoms with E-state index >= 15 is 0 Å². The second-order valence-electron chi connectivity index (χ2n) is 13.2. The lowest BCUT2D eigenvalue weighted by atomic mass is 9.49. The van der Waals surface area contributed by atoms with Gasteiger partial charge >= 0.3 is 11.9 Å². The molecule has 0 aromatic rings. The molecular formula is C31H48O5. The summed E-state index contributed by atoms with van der Waals surface area (Å²) in [6.45, 7) is 14.5. The second kappa shape index (κ2) is 9.93. The molecule has 0 radical (unpaired) electrons. The molecule has 36 heavy (non-hydrogen) atoms. The summed E-state index contributed by atoms with van der Waals surface area (Å²) in [7, 11) is 0. The Kier molecular flexibility index (Phi) is 7.56. The standard InChI is InChI=1S/C31H48O5/c1-19(2)9-8-10-20(3)25-11-12-26-24-17-28(36-22(5)33)31(34)18-23(35-21(4)32)13-16-30(31,7)27(24)14-15-29(25,26)6/h14,17,19-20,23,25-26,28,34H,8-13,15-16,18H2,1-7H3/t20-,23+,25-,26+,28-,29-,30-,31+/m1/s1. The van der Waals surface area contributed by atoms with Crippen LogP contribution in [0.5, 0.6) is 0 Å². The van der Waals surface area contributed by atoms with Gasteiger partial charge in [0.2, 0.25) is 0 Å². The number of hydrogen-bond donors (Lipinski definition) is 1. The Labute approximate surface area is 218 Å². The number of carbonyl (C=O) groups is 2. The lowest BCUT2D eigenvalue weighted by Crippen LogP contribution is -2.63. The summed E-state index contributed by atoms with van der Waals surface area (Å²) in [5.74, 6) is 1.81. The van der Waals surface area contributed by atoms with Crippen molar-refractivity contribution in [2.24, 2.45) is 34.5 Å². The fourth-order valence-electron chi connectivity index (χ4n) is 8.51. The summed E-state index contributed by atoms with van der Waals surface area (Å²) in [6.07, 6.45) is 12.3. The van der Waals surface area contributed by atoms with E-state index < -0.39 is 23.1 Å². The number of rotatable bonds is 7. The second-order valence-corrected chi connectivity index (χ2v) is 13.2. The van der Waals surface area contributed by atoms with E-state index in [2.05, 4.69) is 46.8 Å². The summed E-state index contributed by atoms with van der Waals surface area (Å²) >= 11 is 0. The van der Waals surface area contributed by atoms with Gasteiger partial charge in [0.1, 0.15) is 11.7 Å². The summed E-state index contributed by atoms with van der Waals surface area (Å²) in [4.78, 5) is 23.8. The zero-order chi connectivity index (χ0) is 26.5. The lowest BCUT2D eigenvalue weighted by Gasteiger charge is -2.59. The van der Waals surface area contributed by atoms with Gasteiger partial charge in [-0.25, -0.2) is 0 Å². The Morgan fingerprint density at radius 2 is 1.75 bits per heavy atom. The fraction of sp³-hybridized carbons (Fsp3) is 0.806. The smallest absolute Gasteiger partial charge is 0.303 e. The van der Waals surface area contributed by atoms with Crippen molar-refractivity contribution in [2.45, 2.75) is 124 Å². The summed E-state index contributed by atoms with van der Waals surface area (Å²) < 4.78 is 11.4. The first-order valence-corrected chi connectivity index (χ1v) is 14.3. The van der Waals surface area contributed by atoms with Crippen molar-refractivity contribution in [3.63, 3.8) is 0 Å². The number of esters is 2. The van der Waals surface area contributed by atoms with Crippen LogP contribution in [0.25, 0.3) is 0 Å². The molecule has 1 N–H and O–H groups in total.